The third-order valence-electron chi connectivity index (χ3n) is 2.89. The summed E-state index contributed by atoms with van der Waals surface area (Å²) in [6, 6.07) is 7.60. The van der Waals surface area contributed by atoms with Gasteiger partial charge in [0.25, 0.3) is 0 Å². The van der Waals surface area contributed by atoms with Gasteiger partial charge in [0.05, 0.1) is 7.11 Å². The lowest BCUT2D eigenvalue weighted by Crippen LogP contribution is -2.37. The lowest BCUT2D eigenvalue weighted by atomic mass is 10.2. The molecular formula is C15H23F3IN3O2. The van der Waals surface area contributed by atoms with E-state index in [0.717, 1.165) is 11.3 Å². The van der Waals surface area contributed by atoms with Crippen molar-refractivity contribution >= 4 is 29.9 Å². The van der Waals surface area contributed by atoms with Crippen LogP contribution in [0, 0.1) is 0 Å². The number of hydrogen-bond donors (Lipinski definition) is 2. The SMILES string of the molecule is CN=C(NCCCOCC(F)(F)F)NCc1ccccc1OC.I. The fraction of sp³-hybridized carbons (Fsp3) is 0.533. The number of alkyl halides is 3. The number of aliphatic imine (C=N–C) groups is 1. The molecular weight excluding hydrogens is 438 g/mol. The molecule has 0 bridgehead atoms. The number of ether oxygens (including phenoxy) is 2. The third kappa shape index (κ3) is 9.81. The Morgan fingerprint density at radius 1 is 1.21 bits per heavy atom. The molecule has 0 saturated heterocycles. The summed E-state index contributed by atoms with van der Waals surface area (Å²) in [5, 5.41) is 6.13. The number of hydrogen-bond acceptors (Lipinski definition) is 3. The van der Waals surface area contributed by atoms with Gasteiger partial charge in [0.2, 0.25) is 0 Å². The average Bonchev–Trinajstić information content (AvgIpc) is 2.52. The summed E-state index contributed by atoms with van der Waals surface area (Å²) in [5.41, 5.74) is 0.978. The molecule has 24 heavy (non-hydrogen) atoms. The minimum atomic E-state index is -4.28. The first-order valence-electron chi connectivity index (χ1n) is 7.17. The molecule has 0 radical (unpaired) electrons. The van der Waals surface area contributed by atoms with E-state index in [1.165, 1.54) is 0 Å². The predicted octanol–water partition coefficient (Wildman–Crippen LogP) is 2.95. The highest BCUT2D eigenvalue weighted by Crippen LogP contribution is 2.16. The molecule has 0 fully saturated rings. The van der Waals surface area contributed by atoms with Gasteiger partial charge in [0.15, 0.2) is 5.96 Å². The second-order valence-corrected chi connectivity index (χ2v) is 4.69. The zero-order valence-corrected chi connectivity index (χ0v) is 16.0. The van der Waals surface area contributed by atoms with Crippen LogP contribution in [0.5, 0.6) is 5.75 Å². The standard InChI is InChI=1S/C15H22F3N3O2.HI/c1-19-14(20-8-5-9-23-11-15(16,17)18)21-10-12-6-3-4-7-13(12)22-2;/h3-4,6-7H,5,8-11H2,1-2H3,(H2,19,20,21);1H. The molecule has 0 spiro atoms. The Labute approximate surface area is 157 Å². The van der Waals surface area contributed by atoms with Crippen LogP contribution in [0.25, 0.3) is 0 Å². The number of methoxy groups -OCH3 is 1. The zero-order chi connectivity index (χ0) is 17.1. The number of rotatable bonds is 8. The summed E-state index contributed by atoms with van der Waals surface area (Å²) in [5.74, 6) is 1.34. The first-order valence-corrected chi connectivity index (χ1v) is 7.17. The molecule has 138 valence electrons. The Balaban J connectivity index is 0.00000529. The molecule has 5 nitrogen and oxygen atoms in total. The van der Waals surface area contributed by atoms with Crippen molar-refractivity contribution in [2.24, 2.45) is 4.99 Å². The molecule has 1 rings (SSSR count). The van der Waals surface area contributed by atoms with Crippen molar-refractivity contribution in [3.8, 4) is 5.75 Å². The van der Waals surface area contributed by atoms with Crippen molar-refractivity contribution in [3.63, 3.8) is 0 Å². The lowest BCUT2D eigenvalue weighted by Gasteiger charge is -2.14. The van der Waals surface area contributed by atoms with Crippen LogP contribution < -0.4 is 15.4 Å². The van der Waals surface area contributed by atoms with E-state index in [9.17, 15) is 13.2 Å². The molecule has 0 saturated carbocycles. The Bertz CT molecular complexity index is 499. The normalized spacial score (nSPS) is 11.6. The smallest absolute Gasteiger partial charge is 0.411 e. The summed E-state index contributed by atoms with van der Waals surface area (Å²) >= 11 is 0. The van der Waals surface area contributed by atoms with Crippen molar-refractivity contribution in [3.05, 3.63) is 29.8 Å². The van der Waals surface area contributed by atoms with Gasteiger partial charge in [-0.05, 0) is 12.5 Å². The minimum absolute atomic E-state index is 0. The van der Waals surface area contributed by atoms with Gasteiger partial charge in [-0.15, -0.1) is 24.0 Å². The molecule has 0 aliphatic rings. The topological polar surface area (TPSA) is 54.9 Å². The first kappa shape index (κ1) is 22.8. The predicted molar refractivity (Wildman–Crippen MR) is 98.1 cm³/mol. The molecule has 0 unspecified atom stereocenters. The number of para-hydroxylation sites is 1. The molecule has 0 heterocycles. The van der Waals surface area contributed by atoms with Gasteiger partial charge < -0.3 is 20.1 Å². The summed E-state index contributed by atoms with van der Waals surface area (Å²) in [6.07, 6.45) is -3.83. The van der Waals surface area contributed by atoms with E-state index in [4.69, 9.17) is 4.74 Å². The number of benzene rings is 1. The van der Waals surface area contributed by atoms with Crippen LogP contribution in [0.1, 0.15) is 12.0 Å². The number of halogens is 4. The second-order valence-electron chi connectivity index (χ2n) is 4.69. The van der Waals surface area contributed by atoms with Gasteiger partial charge in [-0.2, -0.15) is 13.2 Å². The number of guanidine groups is 1. The van der Waals surface area contributed by atoms with Crippen molar-refractivity contribution in [1.82, 2.24) is 10.6 Å². The number of nitrogens with zero attached hydrogens (tertiary/aromatic N) is 1. The molecule has 1 aromatic carbocycles. The minimum Gasteiger partial charge on any atom is -0.496 e. The van der Waals surface area contributed by atoms with Gasteiger partial charge in [-0.1, -0.05) is 18.2 Å². The highest BCUT2D eigenvalue weighted by Gasteiger charge is 2.27. The molecule has 0 aliphatic heterocycles. The van der Waals surface area contributed by atoms with Gasteiger partial charge in [0, 0.05) is 32.3 Å². The van der Waals surface area contributed by atoms with E-state index in [0.29, 0.717) is 25.5 Å². The highest BCUT2D eigenvalue weighted by atomic mass is 127. The summed E-state index contributed by atoms with van der Waals surface area (Å²) < 4.78 is 45.5. The van der Waals surface area contributed by atoms with Crippen LogP contribution >= 0.6 is 24.0 Å². The van der Waals surface area contributed by atoms with Crippen LogP contribution in [-0.4, -0.2) is 46.1 Å². The van der Waals surface area contributed by atoms with Gasteiger partial charge >= 0.3 is 6.18 Å². The van der Waals surface area contributed by atoms with E-state index in [1.807, 2.05) is 24.3 Å². The maximum absolute atomic E-state index is 11.9. The fourth-order valence-electron chi connectivity index (χ4n) is 1.82. The summed E-state index contributed by atoms with van der Waals surface area (Å²) in [4.78, 5) is 4.05. The Morgan fingerprint density at radius 2 is 1.92 bits per heavy atom. The Kier molecular flexibility index (Phi) is 11.6. The van der Waals surface area contributed by atoms with Gasteiger partial charge in [-0.3, -0.25) is 4.99 Å². The van der Waals surface area contributed by atoms with E-state index in [1.54, 1.807) is 14.2 Å². The van der Waals surface area contributed by atoms with Crippen molar-refractivity contribution < 1.29 is 22.6 Å². The van der Waals surface area contributed by atoms with E-state index in [2.05, 4.69) is 20.4 Å². The number of nitrogens with one attached hydrogen (secondary N) is 2. The second kappa shape index (κ2) is 12.2. The monoisotopic (exact) mass is 461 g/mol. The molecule has 0 aromatic heterocycles. The quantitative estimate of drug-likeness (QED) is 0.271. The van der Waals surface area contributed by atoms with Crippen LogP contribution in [-0.2, 0) is 11.3 Å². The molecule has 1 aromatic rings. The van der Waals surface area contributed by atoms with Gasteiger partial charge in [-0.25, -0.2) is 0 Å². The van der Waals surface area contributed by atoms with Crippen molar-refractivity contribution in [2.75, 3.05) is 33.9 Å². The fourth-order valence-corrected chi connectivity index (χ4v) is 1.82. The molecule has 2 N–H and O–H groups in total. The zero-order valence-electron chi connectivity index (χ0n) is 13.7. The third-order valence-corrected chi connectivity index (χ3v) is 2.89. The van der Waals surface area contributed by atoms with Crippen molar-refractivity contribution in [1.29, 1.82) is 0 Å². The summed E-state index contributed by atoms with van der Waals surface area (Å²) in [7, 11) is 3.23. The van der Waals surface area contributed by atoms with Crippen LogP contribution in [0.4, 0.5) is 13.2 Å². The maximum atomic E-state index is 11.9. The molecule has 0 aliphatic carbocycles. The average molecular weight is 461 g/mol. The van der Waals surface area contributed by atoms with E-state index in [-0.39, 0.29) is 30.6 Å². The van der Waals surface area contributed by atoms with Crippen LogP contribution in [0.3, 0.4) is 0 Å². The van der Waals surface area contributed by atoms with E-state index >= 15 is 0 Å². The van der Waals surface area contributed by atoms with E-state index < -0.39 is 12.8 Å². The maximum Gasteiger partial charge on any atom is 0.411 e. The molecule has 0 atom stereocenters. The van der Waals surface area contributed by atoms with Crippen LogP contribution in [0.15, 0.2) is 29.3 Å². The Hall–Kier alpha value is -1.23. The Morgan fingerprint density at radius 3 is 2.54 bits per heavy atom. The highest BCUT2D eigenvalue weighted by molar-refractivity contribution is 14.0. The van der Waals surface area contributed by atoms with Crippen molar-refractivity contribution in [2.45, 2.75) is 19.1 Å². The summed E-state index contributed by atoms with van der Waals surface area (Å²) in [6.45, 7) is -0.193. The first-order chi connectivity index (χ1) is 11.0. The molecule has 0 amide bonds. The largest absolute Gasteiger partial charge is 0.496 e. The lowest BCUT2D eigenvalue weighted by molar-refractivity contribution is -0.173. The van der Waals surface area contributed by atoms with Crippen LogP contribution in [0.2, 0.25) is 0 Å². The molecule has 9 heteroatoms. The van der Waals surface area contributed by atoms with Gasteiger partial charge in [0.1, 0.15) is 12.4 Å².